The van der Waals surface area contributed by atoms with Gasteiger partial charge < -0.3 is 0 Å². The SMILES string of the molecule is O=C(c1cc(F)ccc1F)c1cccc(Br)c1F. The van der Waals surface area contributed by atoms with Crippen molar-refractivity contribution in [3.63, 3.8) is 0 Å². The van der Waals surface area contributed by atoms with E-state index in [4.69, 9.17) is 0 Å². The highest BCUT2D eigenvalue weighted by Gasteiger charge is 2.19. The second kappa shape index (κ2) is 4.94. The van der Waals surface area contributed by atoms with Gasteiger partial charge in [-0.3, -0.25) is 4.79 Å². The Morgan fingerprint density at radius 3 is 2.44 bits per heavy atom. The average Bonchev–Trinajstić information content (AvgIpc) is 2.35. The van der Waals surface area contributed by atoms with E-state index in [0.29, 0.717) is 0 Å². The molecule has 1 nitrogen and oxygen atoms in total. The molecule has 0 aliphatic rings. The maximum atomic E-state index is 13.7. The van der Waals surface area contributed by atoms with E-state index in [2.05, 4.69) is 15.9 Å². The lowest BCUT2D eigenvalue weighted by molar-refractivity contribution is 0.103. The van der Waals surface area contributed by atoms with Crippen LogP contribution in [0.1, 0.15) is 15.9 Å². The van der Waals surface area contributed by atoms with Gasteiger partial charge in [0, 0.05) is 0 Å². The first-order valence-corrected chi connectivity index (χ1v) is 5.74. The Kier molecular flexibility index (Phi) is 3.52. The van der Waals surface area contributed by atoms with Crippen LogP contribution in [0.2, 0.25) is 0 Å². The summed E-state index contributed by atoms with van der Waals surface area (Å²) in [6, 6.07) is 6.54. The minimum absolute atomic E-state index is 0.0881. The second-order valence-electron chi connectivity index (χ2n) is 3.55. The highest BCUT2D eigenvalue weighted by Crippen LogP contribution is 2.22. The van der Waals surface area contributed by atoms with Gasteiger partial charge in [0.2, 0.25) is 0 Å². The molecule has 0 aliphatic heterocycles. The van der Waals surface area contributed by atoms with E-state index in [1.165, 1.54) is 18.2 Å². The van der Waals surface area contributed by atoms with Crippen molar-refractivity contribution in [2.24, 2.45) is 0 Å². The van der Waals surface area contributed by atoms with Crippen LogP contribution in [-0.4, -0.2) is 5.78 Å². The normalized spacial score (nSPS) is 10.4. The van der Waals surface area contributed by atoms with E-state index in [1.807, 2.05) is 0 Å². The highest BCUT2D eigenvalue weighted by molar-refractivity contribution is 9.10. The Bertz CT molecular complexity index is 622. The molecule has 0 aromatic heterocycles. The van der Waals surface area contributed by atoms with Crippen LogP contribution < -0.4 is 0 Å². The molecule has 5 heteroatoms. The average molecular weight is 315 g/mol. The number of rotatable bonds is 2. The maximum Gasteiger partial charge on any atom is 0.199 e. The molecule has 0 atom stereocenters. The van der Waals surface area contributed by atoms with Crippen molar-refractivity contribution in [1.82, 2.24) is 0 Å². The molecule has 0 radical (unpaired) electrons. The Hall–Kier alpha value is -1.62. The van der Waals surface area contributed by atoms with E-state index >= 15 is 0 Å². The molecule has 0 saturated carbocycles. The number of benzene rings is 2. The molecule has 0 bridgehead atoms. The van der Waals surface area contributed by atoms with Crippen molar-refractivity contribution in [2.45, 2.75) is 0 Å². The molecule has 18 heavy (non-hydrogen) atoms. The molecule has 0 fully saturated rings. The summed E-state index contributed by atoms with van der Waals surface area (Å²) in [6.45, 7) is 0. The van der Waals surface area contributed by atoms with Gasteiger partial charge in [0.1, 0.15) is 17.5 Å². The zero-order chi connectivity index (χ0) is 13.3. The van der Waals surface area contributed by atoms with Crippen LogP contribution in [-0.2, 0) is 0 Å². The van der Waals surface area contributed by atoms with Gasteiger partial charge in [-0.15, -0.1) is 0 Å². The van der Waals surface area contributed by atoms with Gasteiger partial charge in [0.25, 0.3) is 0 Å². The quantitative estimate of drug-likeness (QED) is 0.763. The van der Waals surface area contributed by atoms with Crippen LogP contribution >= 0.6 is 15.9 Å². The zero-order valence-corrected chi connectivity index (χ0v) is 10.5. The molecule has 0 heterocycles. The maximum absolute atomic E-state index is 13.7. The van der Waals surface area contributed by atoms with Crippen LogP contribution in [0.15, 0.2) is 40.9 Å². The fourth-order valence-corrected chi connectivity index (χ4v) is 1.86. The Balaban J connectivity index is 2.55. The van der Waals surface area contributed by atoms with E-state index in [1.54, 1.807) is 0 Å². The van der Waals surface area contributed by atoms with Gasteiger partial charge in [-0.05, 0) is 46.3 Å². The first-order chi connectivity index (χ1) is 8.50. The Labute approximate surface area is 109 Å². The number of carbonyl (C=O) groups excluding carboxylic acids is 1. The van der Waals surface area contributed by atoms with Gasteiger partial charge in [-0.1, -0.05) is 6.07 Å². The summed E-state index contributed by atoms with van der Waals surface area (Å²) in [7, 11) is 0. The molecule has 92 valence electrons. The first kappa shape index (κ1) is 12.8. The molecular formula is C13H6BrF3O. The summed E-state index contributed by atoms with van der Waals surface area (Å²) >= 11 is 2.92. The minimum atomic E-state index is -0.897. The van der Waals surface area contributed by atoms with Crippen molar-refractivity contribution >= 4 is 21.7 Å². The summed E-state index contributed by atoms with van der Waals surface area (Å²) in [5.41, 5.74) is -0.805. The molecule has 0 N–H and O–H groups in total. The van der Waals surface area contributed by atoms with Crippen molar-refractivity contribution < 1.29 is 18.0 Å². The van der Waals surface area contributed by atoms with Crippen LogP contribution in [0.25, 0.3) is 0 Å². The number of ketones is 1. The van der Waals surface area contributed by atoms with Gasteiger partial charge in [0.05, 0.1) is 15.6 Å². The highest BCUT2D eigenvalue weighted by atomic mass is 79.9. The molecule has 2 rings (SSSR count). The van der Waals surface area contributed by atoms with Gasteiger partial charge in [0.15, 0.2) is 5.78 Å². The van der Waals surface area contributed by atoms with Crippen molar-refractivity contribution in [3.05, 3.63) is 69.4 Å². The summed E-state index contributed by atoms with van der Waals surface area (Å²) < 4.78 is 40.2. The summed E-state index contributed by atoms with van der Waals surface area (Å²) in [5.74, 6) is -3.34. The third kappa shape index (κ3) is 2.31. The largest absolute Gasteiger partial charge is 0.288 e. The van der Waals surface area contributed by atoms with Crippen molar-refractivity contribution in [2.75, 3.05) is 0 Å². The number of halogens is 4. The molecule has 2 aromatic carbocycles. The second-order valence-corrected chi connectivity index (χ2v) is 4.41. The fraction of sp³-hybridized carbons (Fsp3) is 0. The molecule has 0 aliphatic carbocycles. The third-order valence-electron chi connectivity index (χ3n) is 2.37. The van der Waals surface area contributed by atoms with Crippen LogP contribution in [0.5, 0.6) is 0 Å². The van der Waals surface area contributed by atoms with E-state index in [9.17, 15) is 18.0 Å². The molecule has 0 unspecified atom stereocenters. The summed E-state index contributed by atoms with van der Waals surface area (Å²) in [5, 5.41) is 0. The van der Waals surface area contributed by atoms with E-state index in [0.717, 1.165) is 18.2 Å². The Morgan fingerprint density at radius 2 is 1.72 bits per heavy atom. The monoisotopic (exact) mass is 314 g/mol. The zero-order valence-electron chi connectivity index (χ0n) is 8.88. The van der Waals surface area contributed by atoms with Gasteiger partial charge in [-0.25, -0.2) is 13.2 Å². The number of carbonyl (C=O) groups is 1. The van der Waals surface area contributed by atoms with Gasteiger partial charge in [-0.2, -0.15) is 0 Å². The molecular weight excluding hydrogens is 309 g/mol. The lowest BCUT2D eigenvalue weighted by Crippen LogP contribution is -2.07. The van der Waals surface area contributed by atoms with E-state index in [-0.39, 0.29) is 10.0 Å². The van der Waals surface area contributed by atoms with Crippen LogP contribution in [0, 0.1) is 17.5 Å². The standard InChI is InChI=1S/C13H6BrF3O/c14-10-3-1-2-8(12(10)17)13(18)9-6-7(15)4-5-11(9)16/h1-6H. The summed E-state index contributed by atoms with van der Waals surface area (Å²) in [6.07, 6.45) is 0. The lowest BCUT2D eigenvalue weighted by Gasteiger charge is -2.05. The fourth-order valence-electron chi connectivity index (χ4n) is 1.50. The van der Waals surface area contributed by atoms with E-state index < -0.39 is 28.8 Å². The number of hydrogen-bond acceptors (Lipinski definition) is 1. The molecule has 0 spiro atoms. The third-order valence-corrected chi connectivity index (χ3v) is 2.98. The van der Waals surface area contributed by atoms with Gasteiger partial charge >= 0.3 is 0 Å². The summed E-state index contributed by atoms with van der Waals surface area (Å²) in [4.78, 5) is 11.9. The van der Waals surface area contributed by atoms with Crippen LogP contribution in [0.3, 0.4) is 0 Å². The van der Waals surface area contributed by atoms with Crippen molar-refractivity contribution in [3.8, 4) is 0 Å². The molecule has 2 aromatic rings. The van der Waals surface area contributed by atoms with Crippen LogP contribution in [0.4, 0.5) is 13.2 Å². The smallest absolute Gasteiger partial charge is 0.199 e. The number of hydrogen-bond donors (Lipinski definition) is 0. The predicted octanol–water partition coefficient (Wildman–Crippen LogP) is 4.10. The topological polar surface area (TPSA) is 17.1 Å². The lowest BCUT2D eigenvalue weighted by atomic mass is 10.0. The Morgan fingerprint density at radius 1 is 1.00 bits per heavy atom. The minimum Gasteiger partial charge on any atom is -0.288 e. The predicted molar refractivity (Wildman–Crippen MR) is 63.9 cm³/mol. The van der Waals surface area contributed by atoms with Crippen molar-refractivity contribution in [1.29, 1.82) is 0 Å². The molecule has 0 amide bonds. The molecule has 0 saturated heterocycles. The first-order valence-electron chi connectivity index (χ1n) is 4.94.